The van der Waals surface area contributed by atoms with Crippen LogP contribution in [-0.2, 0) is 6.42 Å². The second-order valence-corrected chi connectivity index (χ2v) is 4.31. The summed E-state index contributed by atoms with van der Waals surface area (Å²) < 4.78 is 0. The van der Waals surface area contributed by atoms with E-state index in [4.69, 9.17) is 0 Å². The maximum absolute atomic E-state index is 9.98. The monoisotopic (exact) mass is 214 g/mol. The smallest absolute Gasteiger partial charge is 0.0620 e. The SMILES string of the molecule is OC(CC1=CCCC=C1)Cc1ccccc1. The van der Waals surface area contributed by atoms with E-state index in [2.05, 4.69) is 30.4 Å². The minimum absolute atomic E-state index is 0.267. The number of hydrogen-bond donors (Lipinski definition) is 1. The molecule has 0 heterocycles. The van der Waals surface area contributed by atoms with Crippen molar-refractivity contribution < 1.29 is 5.11 Å². The molecule has 0 aromatic heterocycles. The molecule has 0 bridgehead atoms. The topological polar surface area (TPSA) is 20.2 Å². The molecule has 1 unspecified atom stereocenters. The molecule has 1 aromatic carbocycles. The van der Waals surface area contributed by atoms with Crippen LogP contribution in [0.4, 0.5) is 0 Å². The highest BCUT2D eigenvalue weighted by atomic mass is 16.3. The summed E-state index contributed by atoms with van der Waals surface area (Å²) >= 11 is 0. The van der Waals surface area contributed by atoms with Crippen molar-refractivity contribution in [3.8, 4) is 0 Å². The first-order valence-electron chi connectivity index (χ1n) is 5.92. The lowest BCUT2D eigenvalue weighted by atomic mass is 9.98. The summed E-state index contributed by atoms with van der Waals surface area (Å²) in [5.41, 5.74) is 2.48. The second-order valence-electron chi connectivity index (χ2n) is 4.31. The van der Waals surface area contributed by atoms with E-state index in [1.54, 1.807) is 0 Å². The molecule has 0 saturated carbocycles. The predicted molar refractivity (Wildman–Crippen MR) is 67.2 cm³/mol. The number of aliphatic hydroxyl groups excluding tert-OH is 1. The van der Waals surface area contributed by atoms with Crippen molar-refractivity contribution in [3.05, 3.63) is 59.7 Å². The van der Waals surface area contributed by atoms with E-state index < -0.39 is 0 Å². The van der Waals surface area contributed by atoms with Gasteiger partial charge in [0.25, 0.3) is 0 Å². The summed E-state index contributed by atoms with van der Waals surface area (Å²) in [4.78, 5) is 0. The van der Waals surface area contributed by atoms with Crippen molar-refractivity contribution in [1.82, 2.24) is 0 Å². The van der Waals surface area contributed by atoms with Crippen LogP contribution >= 0.6 is 0 Å². The molecule has 0 aliphatic heterocycles. The molecule has 0 fully saturated rings. The largest absolute Gasteiger partial charge is 0.392 e. The highest BCUT2D eigenvalue weighted by molar-refractivity contribution is 5.23. The van der Waals surface area contributed by atoms with Gasteiger partial charge in [-0.25, -0.2) is 0 Å². The number of benzene rings is 1. The van der Waals surface area contributed by atoms with Crippen LogP contribution < -0.4 is 0 Å². The summed E-state index contributed by atoms with van der Waals surface area (Å²) in [5, 5.41) is 9.98. The zero-order chi connectivity index (χ0) is 11.2. The molecule has 0 amide bonds. The molecule has 0 radical (unpaired) electrons. The van der Waals surface area contributed by atoms with E-state index >= 15 is 0 Å². The Bertz CT molecular complexity index is 376. The summed E-state index contributed by atoms with van der Waals surface area (Å²) in [6.45, 7) is 0. The van der Waals surface area contributed by atoms with E-state index in [1.807, 2.05) is 18.2 Å². The van der Waals surface area contributed by atoms with Gasteiger partial charge in [0.2, 0.25) is 0 Å². The predicted octanol–water partition coefficient (Wildman–Crippen LogP) is 3.26. The fourth-order valence-electron chi connectivity index (χ4n) is 2.05. The first kappa shape index (κ1) is 11.2. The van der Waals surface area contributed by atoms with Gasteiger partial charge >= 0.3 is 0 Å². The van der Waals surface area contributed by atoms with Crippen LogP contribution in [0.25, 0.3) is 0 Å². The minimum Gasteiger partial charge on any atom is -0.392 e. The molecule has 1 N–H and O–H groups in total. The summed E-state index contributed by atoms with van der Waals surface area (Å²) in [6.07, 6.45) is 10.0. The molecule has 1 heteroatoms. The lowest BCUT2D eigenvalue weighted by Crippen LogP contribution is -2.11. The first-order chi connectivity index (χ1) is 7.84. The Balaban J connectivity index is 1.87. The van der Waals surface area contributed by atoms with Gasteiger partial charge in [0, 0.05) is 0 Å². The van der Waals surface area contributed by atoms with Gasteiger partial charge in [-0.1, -0.05) is 48.6 Å². The van der Waals surface area contributed by atoms with E-state index in [9.17, 15) is 5.11 Å². The normalized spacial score (nSPS) is 16.9. The molecule has 84 valence electrons. The van der Waals surface area contributed by atoms with Crippen molar-refractivity contribution in [2.75, 3.05) is 0 Å². The molecule has 0 saturated heterocycles. The van der Waals surface area contributed by atoms with Crippen LogP contribution in [0.1, 0.15) is 24.8 Å². The Morgan fingerprint density at radius 1 is 1.06 bits per heavy atom. The summed E-state index contributed by atoms with van der Waals surface area (Å²) in [5.74, 6) is 0. The fraction of sp³-hybridized carbons (Fsp3) is 0.333. The first-order valence-corrected chi connectivity index (χ1v) is 5.92. The van der Waals surface area contributed by atoms with Gasteiger partial charge in [0.05, 0.1) is 6.10 Å². The van der Waals surface area contributed by atoms with Gasteiger partial charge in [-0.15, -0.1) is 0 Å². The van der Waals surface area contributed by atoms with Crippen LogP contribution in [0.2, 0.25) is 0 Å². The fourth-order valence-corrected chi connectivity index (χ4v) is 2.05. The van der Waals surface area contributed by atoms with Crippen LogP contribution in [0.15, 0.2) is 54.1 Å². The number of allylic oxidation sites excluding steroid dienone is 3. The Morgan fingerprint density at radius 3 is 2.56 bits per heavy atom. The van der Waals surface area contributed by atoms with E-state index in [-0.39, 0.29) is 6.10 Å². The second kappa shape index (κ2) is 5.66. The molecule has 1 aromatic rings. The molecular weight excluding hydrogens is 196 g/mol. The molecule has 1 nitrogen and oxygen atoms in total. The molecule has 16 heavy (non-hydrogen) atoms. The molecular formula is C15H18O. The Hall–Kier alpha value is -1.34. The van der Waals surface area contributed by atoms with Gasteiger partial charge in [-0.3, -0.25) is 0 Å². The standard InChI is InChI=1S/C15H18O/c16-15(11-13-7-3-1-4-8-13)12-14-9-5-2-6-10-14/h1,3-5,7-10,15-16H,2,6,11-12H2. The number of hydrogen-bond acceptors (Lipinski definition) is 1. The average molecular weight is 214 g/mol. The van der Waals surface area contributed by atoms with Crippen LogP contribution in [-0.4, -0.2) is 11.2 Å². The third-order valence-electron chi connectivity index (χ3n) is 2.86. The van der Waals surface area contributed by atoms with Gasteiger partial charge in [0.1, 0.15) is 0 Å². The number of rotatable bonds is 4. The van der Waals surface area contributed by atoms with Crippen LogP contribution in [0.5, 0.6) is 0 Å². The zero-order valence-corrected chi connectivity index (χ0v) is 9.47. The number of aliphatic hydroxyl groups is 1. The van der Waals surface area contributed by atoms with Crippen molar-refractivity contribution >= 4 is 0 Å². The van der Waals surface area contributed by atoms with Crippen molar-refractivity contribution in [2.45, 2.75) is 31.8 Å². The maximum atomic E-state index is 9.98. The Kier molecular flexibility index (Phi) is 3.95. The molecule has 1 aliphatic rings. The van der Waals surface area contributed by atoms with Gasteiger partial charge < -0.3 is 5.11 Å². The van der Waals surface area contributed by atoms with Crippen LogP contribution in [0.3, 0.4) is 0 Å². The van der Waals surface area contributed by atoms with Crippen molar-refractivity contribution in [2.24, 2.45) is 0 Å². The van der Waals surface area contributed by atoms with Gasteiger partial charge in [0.15, 0.2) is 0 Å². The van der Waals surface area contributed by atoms with Crippen molar-refractivity contribution in [1.29, 1.82) is 0 Å². The van der Waals surface area contributed by atoms with E-state index in [0.29, 0.717) is 0 Å². The van der Waals surface area contributed by atoms with E-state index in [1.165, 1.54) is 11.1 Å². The minimum atomic E-state index is -0.267. The molecule has 2 rings (SSSR count). The lowest BCUT2D eigenvalue weighted by Gasteiger charge is -2.13. The van der Waals surface area contributed by atoms with E-state index in [0.717, 1.165) is 25.7 Å². The Labute approximate surface area is 97.1 Å². The molecule has 1 aliphatic carbocycles. The summed E-state index contributed by atoms with van der Waals surface area (Å²) in [7, 11) is 0. The summed E-state index contributed by atoms with van der Waals surface area (Å²) in [6, 6.07) is 10.2. The molecule has 0 spiro atoms. The highest BCUT2D eigenvalue weighted by Crippen LogP contribution is 2.16. The zero-order valence-electron chi connectivity index (χ0n) is 9.47. The Morgan fingerprint density at radius 2 is 1.88 bits per heavy atom. The third-order valence-corrected chi connectivity index (χ3v) is 2.86. The van der Waals surface area contributed by atoms with Gasteiger partial charge in [-0.05, 0) is 36.8 Å². The third kappa shape index (κ3) is 3.35. The average Bonchev–Trinajstić information content (AvgIpc) is 2.31. The van der Waals surface area contributed by atoms with Gasteiger partial charge in [-0.2, -0.15) is 0 Å². The van der Waals surface area contributed by atoms with Crippen LogP contribution in [0, 0.1) is 0 Å². The molecule has 1 atom stereocenters. The highest BCUT2D eigenvalue weighted by Gasteiger charge is 2.08. The quantitative estimate of drug-likeness (QED) is 0.815. The maximum Gasteiger partial charge on any atom is 0.0620 e. The lowest BCUT2D eigenvalue weighted by molar-refractivity contribution is 0.176. The van der Waals surface area contributed by atoms with Crippen molar-refractivity contribution in [3.63, 3.8) is 0 Å².